The van der Waals surface area contributed by atoms with Gasteiger partial charge >= 0.3 is 0 Å². The molecular weight excluding hydrogens is 226 g/mol. The summed E-state index contributed by atoms with van der Waals surface area (Å²) in [5.74, 6) is 0.886. The van der Waals surface area contributed by atoms with Crippen LogP contribution in [0.1, 0.15) is 52.4 Å². The van der Waals surface area contributed by atoms with Crippen molar-refractivity contribution >= 4 is 0 Å². The molecule has 0 bridgehead atoms. The lowest BCUT2D eigenvalue weighted by atomic mass is 9.87. The Morgan fingerprint density at radius 1 is 1.28 bits per heavy atom. The fourth-order valence-electron chi connectivity index (χ4n) is 2.68. The van der Waals surface area contributed by atoms with E-state index >= 15 is 0 Å². The molecule has 1 rings (SSSR count). The minimum Gasteiger partial charge on any atom is -0.389 e. The van der Waals surface area contributed by atoms with Crippen LogP contribution < -0.4 is 0 Å². The molecule has 1 fully saturated rings. The molecule has 0 spiro atoms. The highest BCUT2D eigenvalue weighted by Crippen LogP contribution is 2.26. The second kappa shape index (κ2) is 8.89. The van der Waals surface area contributed by atoms with Gasteiger partial charge in [-0.15, -0.1) is 0 Å². The predicted molar refractivity (Wildman–Crippen MR) is 75.8 cm³/mol. The van der Waals surface area contributed by atoms with Crippen LogP contribution >= 0.6 is 0 Å². The average molecular weight is 257 g/mol. The van der Waals surface area contributed by atoms with Gasteiger partial charge in [0.05, 0.1) is 12.7 Å². The first-order valence-electron chi connectivity index (χ1n) is 7.59. The fraction of sp³-hybridized carbons (Fsp3) is 1.00. The fourth-order valence-corrected chi connectivity index (χ4v) is 2.68. The summed E-state index contributed by atoms with van der Waals surface area (Å²) in [5, 5.41) is 9.93. The molecule has 0 saturated heterocycles. The Bertz CT molecular complexity index is 203. The van der Waals surface area contributed by atoms with Gasteiger partial charge in [0.25, 0.3) is 0 Å². The number of ether oxygens (including phenoxy) is 1. The Labute approximate surface area is 113 Å². The molecule has 108 valence electrons. The first-order valence-corrected chi connectivity index (χ1v) is 7.59. The largest absolute Gasteiger partial charge is 0.389 e. The quantitative estimate of drug-likeness (QED) is 0.679. The van der Waals surface area contributed by atoms with Crippen molar-refractivity contribution < 1.29 is 9.84 Å². The molecule has 1 unspecified atom stereocenters. The van der Waals surface area contributed by atoms with E-state index in [2.05, 4.69) is 25.8 Å². The van der Waals surface area contributed by atoms with Crippen LogP contribution in [-0.2, 0) is 4.74 Å². The number of aliphatic hydroxyl groups excluding tert-OH is 1. The lowest BCUT2D eigenvalue weighted by molar-refractivity contribution is 0.00918. The van der Waals surface area contributed by atoms with Gasteiger partial charge in [0.1, 0.15) is 0 Å². The van der Waals surface area contributed by atoms with E-state index in [4.69, 9.17) is 4.74 Å². The van der Waals surface area contributed by atoms with E-state index in [9.17, 15) is 5.11 Å². The minimum atomic E-state index is -0.341. The SMILES string of the molecule is CCCCOCC(O)CN(C)C1CCC(C)CC1. The predicted octanol–water partition coefficient (Wildman–Crippen LogP) is 2.67. The highest BCUT2D eigenvalue weighted by atomic mass is 16.5. The standard InChI is InChI=1S/C15H31NO2/c1-4-5-10-18-12-15(17)11-16(3)14-8-6-13(2)7-9-14/h13-15,17H,4-12H2,1-3H3. The summed E-state index contributed by atoms with van der Waals surface area (Å²) >= 11 is 0. The number of aliphatic hydroxyl groups is 1. The first kappa shape index (κ1) is 15.9. The third-order valence-electron chi connectivity index (χ3n) is 4.06. The van der Waals surface area contributed by atoms with E-state index in [0.717, 1.165) is 31.9 Å². The van der Waals surface area contributed by atoms with Crippen LogP contribution in [-0.4, -0.2) is 49.0 Å². The summed E-state index contributed by atoms with van der Waals surface area (Å²) < 4.78 is 5.46. The number of nitrogens with zero attached hydrogens (tertiary/aromatic N) is 1. The van der Waals surface area contributed by atoms with Crippen molar-refractivity contribution in [3.63, 3.8) is 0 Å². The molecule has 1 aliphatic rings. The van der Waals surface area contributed by atoms with Crippen molar-refractivity contribution in [1.82, 2.24) is 4.90 Å². The van der Waals surface area contributed by atoms with Gasteiger partial charge in [-0.1, -0.05) is 20.3 Å². The topological polar surface area (TPSA) is 32.7 Å². The summed E-state index contributed by atoms with van der Waals surface area (Å²) in [5.41, 5.74) is 0. The second-order valence-electron chi connectivity index (χ2n) is 5.94. The van der Waals surface area contributed by atoms with E-state index < -0.39 is 0 Å². The zero-order chi connectivity index (χ0) is 13.4. The molecule has 0 aliphatic heterocycles. The Kier molecular flexibility index (Phi) is 7.87. The van der Waals surface area contributed by atoms with Crippen LogP contribution in [0.15, 0.2) is 0 Å². The van der Waals surface area contributed by atoms with E-state index in [0.29, 0.717) is 12.6 Å². The second-order valence-corrected chi connectivity index (χ2v) is 5.94. The lowest BCUT2D eigenvalue weighted by Crippen LogP contribution is -2.40. The van der Waals surface area contributed by atoms with Crippen molar-refractivity contribution in [2.45, 2.75) is 64.5 Å². The van der Waals surface area contributed by atoms with Crippen LogP contribution in [0.4, 0.5) is 0 Å². The molecule has 0 aromatic heterocycles. The normalized spacial score (nSPS) is 26.5. The van der Waals surface area contributed by atoms with Gasteiger partial charge < -0.3 is 14.7 Å². The lowest BCUT2D eigenvalue weighted by Gasteiger charge is -2.34. The molecule has 1 saturated carbocycles. The first-order chi connectivity index (χ1) is 8.63. The molecule has 1 atom stereocenters. The average Bonchev–Trinajstić information content (AvgIpc) is 2.35. The minimum absolute atomic E-state index is 0.341. The summed E-state index contributed by atoms with van der Waals surface area (Å²) in [7, 11) is 2.13. The maximum Gasteiger partial charge on any atom is 0.0900 e. The molecule has 18 heavy (non-hydrogen) atoms. The van der Waals surface area contributed by atoms with Gasteiger partial charge in [-0.05, 0) is 45.1 Å². The molecule has 1 N–H and O–H groups in total. The monoisotopic (exact) mass is 257 g/mol. The third kappa shape index (κ3) is 6.17. The Morgan fingerprint density at radius 2 is 1.94 bits per heavy atom. The van der Waals surface area contributed by atoms with Gasteiger partial charge in [0.15, 0.2) is 0 Å². The van der Waals surface area contributed by atoms with Crippen LogP contribution in [0.25, 0.3) is 0 Å². The Hall–Kier alpha value is -0.120. The van der Waals surface area contributed by atoms with Gasteiger partial charge in [-0.25, -0.2) is 0 Å². The summed E-state index contributed by atoms with van der Waals surface area (Å²) in [4.78, 5) is 2.32. The van der Waals surface area contributed by atoms with Crippen molar-refractivity contribution in [3.05, 3.63) is 0 Å². The Balaban J connectivity index is 2.12. The van der Waals surface area contributed by atoms with Crippen LogP contribution in [0.3, 0.4) is 0 Å². The summed E-state index contributed by atoms with van der Waals surface area (Å²) in [6, 6.07) is 0.659. The molecule has 3 nitrogen and oxygen atoms in total. The van der Waals surface area contributed by atoms with E-state index in [1.807, 2.05) is 0 Å². The third-order valence-corrected chi connectivity index (χ3v) is 4.06. The molecule has 0 heterocycles. The number of likely N-dealkylation sites (N-methyl/N-ethyl adjacent to an activating group) is 1. The van der Waals surface area contributed by atoms with Crippen molar-refractivity contribution in [2.75, 3.05) is 26.8 Å². The number of hydrogen-bond acceptors (Lipinski definition) is 3. The molecule has 0 amide bonds. The number of hydrogen-bond donors (Lipinski definition) is 1. The molecule has 0 aromatic rings. The van der Waals surface area contributed by atoms with E-state index in [1.165, 1.54) is 25.7 Å². The highest BCUT2D eigenvalue weighted by Gasteiger charge is 2.22. The van der Waals surface area contributed by atoms with E-state index in [1.54, 1.807) is 0 Å². The maximum atomic E-state index is 9.93. The smallest absolute Gasteiger partial charge is 0.0900 e. The van der Waals surface area contributed by atoms with Gasteiger partial charge in [0.2, 0.25) is 0 Å². The van der Waals surface area contributed by atoms with Gasteiger partial charge in [0, 0.05) is 19.2 Å². The van der Waals surface area contributed by atoms with E-state index in [-0.39, 0.29) is 6.10 Å². The van der Waals surface area contributed by atoms with Crippen LogP contribution in [0.2, 0.25) is 0 Å². The van der Waals surface area contributed by atoms with Crippen LogP contribution in [0, 0.1) is 5.92 Å². The maximum absolute atomic E-state index is 9.93. The number of rotatable bonds is 8. The molecular formula is C15H31NO2. The van der Waals surface area contributed by atoms with Crippen molar-refractivity contribution in [1.29, 1.82) is 0 Å². The zero-order valence-electron chi connectivity index (χ0n) is 12.4. The highest BCUT2D eigenvalue weighted by molar-refractivity contribution is 4.77. The van der Waals surface area contributed by atoms with Crippen molar-refractivity contribution in [2.24, 2.45) is 5.92 Å². The molecule has 0 aromatic carbocycles. The number of unbranched alkanes of at least 4 members (excludes halogenated alkanes) is 1. The molecule has 1 aliphatic carbocycles. The molecule has 3 heteroatoms. The van der Waals surface area contributed by atoms with Crippen molar-refractivity contribution in [3.8, 4) is 0 Å². The molecule has 0 radical (unpaired) electrons. The van der Waals surface area contributed by atoms with Gasteiger partial charge in [-0.2, -0.15) is 0 Å². The zero-order valence-corrected chi connectivity index (χ0v) is 12.4. The summed E-state index contributed by atoms with van der Waals surface area (Å²) in [6.45, 7) is 6.49. The summed E-state index contributed by atoms with van der Waals surface area (Å²) in [6.07, 6.45) is 7.11. The Morgan fingerprint density at radius 3 is 2.56 bits per heavy atom. The van der Waals surface area contributed by atoms with Gasteiger partial charge in [-0.3, -0.25) is 0 Å². The van der Waals surface area contributed by atoms with Crippen LogP contribution in [0.5, 0.6) is 0 Å².